The van der Waals surface area contributed by atoms with Crippen LogP contribution >= 0.6 is 0 Å². The zero-order valence-corrected chi connectivity index (χ0v) is 18.9. The molecule has 0 aliphatic rings. The van der Waals surface area contributed by atoms with Crippen molar-refractivity contribution < 1.29 is 28.5 Å². The van der Waals surface area contributed by atoms with Gasteiger partial charge in [0, 0.05) is 5.69 Å². The van der Waals surface area contributed by atoms with E-state index in [9.17, 15) is 9.59 Å². The molecule has 178 valence electrons. The van der Waals surface area contributed by atoms with Gasteiger partial charge < -0.3 is 24.3 Å². The molecule has 0 aliphatic heterocycles. The van der Waals surface area contributed by atoms with Crippen LogP contribution in [0.25, 0.3) is 5.69 Å². The van der Waals surface area contributed by atoms with Crippen molar-refractivity contribution >= 4 is 17.6 Å². The van der Waals surface area contributed by atoms with Crippen molar-refractivity contribution in [1.29, 1.82) is 0 Å². The number of carbonyl (C=O) groups excluding carboxylic acids is 2. The number of hydrogen-bond acceptors (Lipinski definition) is 9. The van der Waals surface area contributed by atoms with E-state index in [-0.39, 0.29) is 23.8 Å². The van der Waals surface area contributed by atoms with Crippen LogP contribution in [0.5, 0.6) is 23.0 Å². The van der Waals surface area contributed by atoms with Gasteiger partial charge in [-0.3, -0.25) is 4.79 Å². The maximum absolute atomic E-state index is 12.6. The number of anilines is 1. The van der Waals surface area contributed by atoms with E-state index in [2.05, 4.69) is 20.8 Å². The van der Waals surface area contributed by atoms with E-state index >= 15 is 0 Å². The summed E-state index contributed by atoms with van der Waals surface area (Å²) in [5.74, 6) is 0.684. The van der Waals surface area contributed by atoms with Crippen molar-refractivity contribution in [3.05, 3.63) is 78.6 Å². The lowest BCUT2D eigenvalue weighted by molar-refractivity contribution is -0.118. The number of methoxy groups -OCH3 is 2. The molecule has 0 saturated carbocycles. The molecular weight excluding hydrogens is 454 g/mol. The highest BCUT2D eigenvalue weighted by Gasteiger charge is 2.15. The first-order valence-corrected chi connectivity index (χ1v) is 10.4. The predicted octanol–water partition coefficient (Wildman–Crippen LogP) is 2.92. The standard InChI is InChI=1S/C24H21N5O6/c1-32-19-8-4-17(5-9-19)26-23(30)14-34-21-12-3-16(13-22(21)33-2)24(31)35-20-10-6-18(7-11-20)29-15-25-27-28-29/h3-13,15H,14H2,1-2H3,(H,26,30). The molecule has 0 bridgehead atoms. The van der Waals surface area contributed by atoms with Gasteiger partial charge in [0.2, 0.25) is 0 Å². The van der Waals surface area contributed by atoms with Gasteiger partial charge in [-0.25, -0.2) is 9.48 Å². The Bertz CT molecular complexity index is 1290. The van der Waals surface area contributed by atoms with Crippen molar-refractivity contribution in [2.45, 2.75) is 0 Å². The van der Waals surface area contributed by atoms with Gasteiger partial charge in [0.15, 0.2) is 18.1 Å². The summed E-state index contributed by atoms with van der Waals surface area (Å²) >= 11 is 0. The van der Waals surface area contributed by atoms with Gasteiger partial charge in [-0.1, -0.05) is 0 Å². The smallest absolute Gasteiger partial charge is 0.343 e. The number of ether oxygens (including phenoxy) is 4. The van der Waals surface area contributed by atoms with Crippen molar-refractivity contribution in [2.75, 3.05) is 26.1 Å². The van der Waals surface area contributed by atoms with Gasteiger partial charge >= 0.3 is 5.97 Å². The minimum Gasteiger partial charge on any atom is -0.497 e. The monoisotopic (exact) mass is 475 g/mol. The first-order valence-electron chi connectivity index (χ1n) is 10.4. The van der Waals surface area contributed by atoms with E-state index < -0.39 is 5.97 Å². The maximum atomic E-state index is 12.6. The molecule has 4 rings (SSSR count). The number of tetrazole rings is 1. The summed E-state index contributed by atoms with van der Waals surface area (Å²) in [6.07, 6.45) is 1.46. The molecule has 35 heavy (non-hydrogen) atoms. The van der Waals surface area contributed by atoms with Crippen LogP contribution in [0.2, 0.25) is 0 Å². The Labute approximate surface area is 200 Å². The summed E-state index contributed by atoms with van der Waals surface area (Å²) < 4.78 is 22.9. The Morgan fingerprint density at radius 3 is 2.29 bits per heavy atom. The zero-order valence-electron chi connectivity index (χ0n) is 18.9. The van der Waals surface area contributed by atoms with Gasteiger partial charge in [0.25, 0.3) is 5.91 Å². The lowest BCUT2D eigenvalue weighted by Gasteiger charge is -2.12. The van der Waals surface area contributed by atoms with Gasteiger partial charge in [-0.05, 0) is 77.2 Å². The van der Waals surface area contributed by atoms with E-state index in [0.29, 0.717) is 28.6 Å². The molecular formula is C24H21N5O6. The molecule has 1 N–H and O–H groups in total. The van der Waals surface area contributed by atoms with Crippen LogP contribution in [0, 0.1) is 0 Å². The SMILES string of the molecule is COc1ccc(NC(=O)COc2ccc(C(=O)Oc3ccc(-n4cnnn4)cc3)cc2OC)cc1. The number of esters is 1. The van der Waals surface area contributed by atoms with E-state index in [1.807, 2.05) is 0 Å². The molecule has 1 heterocycles. The highest BCUT2D eigenvalue weighted by molar-refractivity contribution is 5.93. The van der Waals surface area contributed by atoms with Gasteiger partial charge in [0.1, 0.15) is 17.8 Å². The second-order valence-electron chi connectivity index (χ2n) is 7.07. The topological polar surface area (TPSA) is 127 Å². The fourth-order valence-corrected chi connectivity index (χ4v) is 3.04. The van der Waals surface area contributed by atoms with E-state index in [4.69, 9.17) is 18.9 Å². The van der Waals surface area contributed by atoms with Crippen LogP contribution in [0.3, 0.4) is 0 Å². The molecule has 4 aromatic rings. The molecule has 0 saturated heterocycles. The molecule has 11 nitrogen and oxygen atoms in total. The van der Waals surface area contributed by atoms with E-state index in [0.717, 1.165) is 0 Å². The van der Waals surface area contributed by atoms with Gasteiger partial charge in [0.05, 0.1) is 25.5 Å². The first-order chi connectivity index (χ1) is 17.1. The Morgan fingerprint density at radius 1 is 0.886 bits per heavy atom. The van der Waals surface area contributed by atoms with Crippen LogP contribution in [0.15, 0.2) is 73.1 Å². The fraction of sp³-hybridized carbons (Fsp3) is 0.125. The largest absolute Gasteiger partial charge is 0.497 e. The maximum Gasteiger partial charge on any atom is 0.343 e. The van der Waals surface area contributed by atoms with Crippen molar-refractivity contribution in [3.63, 3.8) is 0 Å². The number of nitrogens with one attached hydrogen (secondary N) is 1. The van der Waals surface area contributed by atoms with Crippen LogP contribution in [0.4, 0.5) is 5.69 Å². The van der Waals surface area contributed by atoms with Gasteiger partial charge in [-0.15, -0.1) is 5.10 Å². The molecule has 0 fully saturated rings. The minimum absolute atomic E-state index is 0.250. The lowest BCUT2D eigenvalue weighted by atomic mass is 10.2. The number of benzene rings is 3. The molecule has 11 heteroatoms. The highest BCUT2D eigenvalue weighted by atomic mass is 16.5. The molecule has 0 radical (unpaired) electrons. The van der Waals surface area contributed by atoms with Crippen molar-refractivity contribution in [2.24, 2.45) is 0 Å². The van der Waals surface area contributed by atoms with Gasteiger partial charge in [-0.2, -0.15) is 0 Å². The summed E-state index contributed by atoms with van der Waals surface area (Å²) in [5, 5.41) is 13.7. The fourth-order valence-electron chi connectivity index (χ4n) is 3.04. The summed E-state index contributed by atoms with van der Waals surface area (Å²) in [6, 6.07) is 18.1. The number of amides is 1. The Hall–Kier alpha value is -4.93. The average Bonchev–Trinajstić information content (AvgIpc) is 3.43. The molecule has 0 atom stereocenters. The predicted molar refractivity (Wildman–Crippen MR) is 124 cm³/mol. The Balaban J connectivity index is 1.35. The third-order valence-electron chi connectivity index (χ3n) is 4.79. The molecule has 0 spiro atoms. The summed E-state index contributed by atoms with van der Waals surface area (Å²) in [5.41, 5.74) is 1.57. The lowest BCUT2D eigenvalue weighted by Crippen LogP contribution is -2.20. The Morgan fingerprint density at radius 2 is 1.63 bits per heavy atom. The molecule has 3 aromatic carbocycles. The first kappa shape index (κ1) is 23.2. The second-order valence-corrected chi connectivity index (χ2v) is 7.07. The number of rotatable bonds is 9. The summed E-state index contributed by atoms with van der Waals surface area (Å²) in [4.78, 5) is 24.8. The zero-order chi connectivity index (χ0) is 24.6. The third-order valence-corrected chi connectivity index (χ3v) is 4.79. The van der Waals surface area contributed by atoms with Crippen LogP contribution in [-0.2, 0) is 4.79 Å². The number of hydrogen-bond donors (Lipinski definition) is 1. The molecule has 0 aliphatic carbocycles. The van der Waals surface area contributed by atoms with E-state index in [1.54, 1.807) is 55.6 Å². The third kappa shape index (κ3) is 5.90. The Kier molecular flexibility index (Phi) is 7.16. The van der Waals surface area contributed by atoms with E-state index in [1.165, 1.54) is 36.3 Å². The number of aromatic nitrogens is 4. The van der Waals surface area contributed by atoms with Crippen LogP contribution in [-0.4, -0.2) is 52.9 Å². The molecule has 1 amide bonds. The normalized spacial score (nSPS) is 10.3. The van der Waals surface area contributed by atoms with Crippen molar-refractivity contribution in [1.82, 2.24) is 20.2 Å². The second kappa shape index (κ2) is 10.8. The number of carbonyl (C=O) groups is 2. The van der Waals surface area contributed by atoms with Crippen molar-refractivity contribution in [3.8, 4) is 28.7 Å². The highest BCUT2D eigenvalue weighted by Crippen LogP contribution is 2.29. The molecule has 0 unspecified atom stereocenters. The molecule has 1 aromatic heterocycles. The summed E-state index contributed by atoms with van der Waals surface area (Å²) in [7, 11) is 3.00. The summed E-state index contributed by atoms with van der Waals surface area (Å²) in [6.45, 7) is -0.250. The quantitative estimate of drug-likeness (QED) is 0.287. The minimum atomic E-state index is -0.581. The number of nitrogens with zero attached hydrogens (tertiary/aromatic N) is 4. The van der Waals surface area contributed by atoms with Crippen LogP contribution < -0.4 is 24.3 Å². The van der Waals surface area contributed by atoms with Crippen LogP contribution in [0.1, 0.15) is 10.4 Å². The average molecular weight is 475 g/mol.